The Morgan fingerprint density at radius 1 is 0.893 bits per heavy atom. The van der Waals surface area contributed by atoms with E-state index in [2.05, 4.69) is 26.7 Å². The maximum Gasteiger partial charge on any atom is 0.274 e. The van der Waals surface area contributed by atoms with Crippen LogP contribution in [0.1, 0.15) is 16.1 Å². The Kier molecular flexibility index (Phi) is 4.64. The number of aromatic nitrogens is 2. The van der Waals surface area contributed by atoms with Crippen LogP contribution in [-0.4, -0.2) is 15.9 Å². The third-order valence-corrected chi connectivity index (χ3v) is 4.18. The van der Waals surface area contributed by atoms with Gasteiger partial charge in [0.1, 0.15) is 5.69 Å². The summed E-state index contributed by atoms with van der Waals surface area (Å²) in [5.41, 5.74) is 3.85. The van der Waals surface area contributed by atoms with Crippen LogP contribution in [0.15, 0.2) is 79.1 Å². The summed E-state index contributed by atoms with van der Waals surface area (Å²) < 4.78 is 0. The summed E-state index contributed by atoms with van der Waals surface area (Å²) in [4.78, 5) is 21.1. The van der Waals surface area contributed by atoms with Crippen LogP contribution in [0.5, 0.6) is 0 Å². The third kappa shape index (κ3) is 3.64. The SMILES string of the molecule is N#Cc1ccc(Nc2ccc(C(=O)Nc3cccc4cccnc34)nc2)cc1. The fourth-order valence-electron chi connectivity index (χ4n) is 2.79. The molecule has 2 N–H and O–H groups in total. The molecule has 0 saturated carbocycles. The number of nitrogens with one attached hydrogen (secondary N) is 2. The smallest absolute Gasteiger partial charge is 0.274 e. The summed E-state index contributed by atoms with van der Waals surface area (Å²) >= 11 is 0. The van der Waals surface area contributed by atoms with E-state index in [4.69, 9.17) is 5.26 Å². The summed E-state index contributed by atoms with van der Waals surface area (Å²) in [6.07, 6.45) is 3.29. The van der Waals surface area contributed by atoms with E-state index in [1.165, 1.54) is 0 Å². The van der Waals surface area contributed by atoms with Crippen molar-refractivity contribution >= 4 is 33.9 Å². The Hall–Kier alpha value is -4.24. The quantitative estimate of drug-likeness (QED) is 0.556. The zero-order chi connectivity index (χ0) is 19.3. The van der Waals surface area contributed by atoms with Gasteiger partial charge in [-0.2, -0.15) is 5.26 Å². The second kappa shape index (κ2) is 7.56. The summed E-state index contributed by atoms with van der Waals surface area (Å²) in [6.45, 7) is 0. The van der Waals surface area contributed by atoms with Crippen molar-refractivity contribution in [2.24, 2.45) is 0 Å². The van der Waals surface area contributed by atoms with E-state index < -0.39 is 0 Å². The number of carbonyl (C=O) groups is 1. The number of para-hydroxylation sites is 1. The van der Waals surface area contributed by atoms with Crippen LogP contribution in [0.2, 0.25) is 0 Å². The van der Waals surface area contributed by atoms with E-state index in [0.29, 0.717) is 16.9 Å². The van der Waals surface area contributed by atoms with Crippen LogP contribution < -0.4 is 10.6 Å². The van der Waals surface area contributed by atoms with Gasteiger partial charge in [0.15, 0.2) is 0 Å². The molecular weight excluding hydrogens is 350 g/mol. The van der Waals surface area contributed by atoms with Gasteiger partial charge in [0.2, 0.25) is 0 Å². The number of amides is 1. The predicted octanol–water partition coefficient (Wildman–Crippen LogP) is 4.50. The van der Waals surface area contributed by atoms with Crippen molar-refractivity contribution in [2.45, 2.75) is 0 Å². The second-order valence-corrected chi connectivity index (χ2v) is 6.08. The molecule has 1 amide bonds. The highest BCUT2D eigenvalue weighted by atomic mass is 16.1. The molecule has 0 saturated heterocycles. The molecular formula is C22H15N5O. The van der Waals surface area contributed by atoms with Crippen molar-refractivity contribution in [3.63, 3.8) is 0 Å². The Labute approximate surface area is 161 Å². The Bertz CT molecular complexity index is 1170. The molecule has 2 aromatic heterocycles. The molecule has 4 rings (SSSR count). The fourth-order valence-corrected chi connectivity index (χ4v) is 2.79. The highest BCUT2D eigenvalue weighted by Crippen LogP contribution is 2.21. The molecule has 0 spiro atoms. The predicted molar refractivity (Wildman–Crippen MR) is 108 cm³/mol. The largest absolute Gasteiger partial charge is 0.354 e. The van der Waals surface area contributed by atoms with E-state index in [0.717, 1.165) is 22.3 Å². The second-order valence-electron chi connectivity index (χ2n) is 6.08. The molecule has 0 bridgehead atoms. The molecule has 0 aliphatic carbocycles. The molecule has 134 valence electrons. The fraction of sp³-hybridized carbons (Fsp3) is 0. The monoisotopic (exact) mass is 365 g/mol. The minimum absolute atomic E-state index is 0.303. The van der Waals surface area contributed by atoms with Crippen LogP contribution in [0.4, 0.5) is 17.1 Å². The molecule has 0 aliphatic rings. The van der Waals surface area contributed by atoms with Crippen LogP contribution in [-0.2, 0) is 0 Å². The zero-order valence-electron chi connectivity index (χ0n) is 14.8. The van der Waals surface area contributed by atoms with Crippen LogP contribution in [0, 0.1) is 11.3 Å². The van der Waals surface area contributed by atoms with Crippen molar-refractivity contribution in [3.8, 4) is 6.07 Å². The van der Waals surface area contributed by atoms with Gasteiger partial charge >= 0.3 is 0 Å². The summed E-state index contributed by atoms with van der Waals surface area (Å²) in [5.74, 6) is -0.303. The highest BCUT2D eigenvalue weighted by Gasteiger charge is 2.10. The van der Waals surface area contributed by atoms with Gasteiger partial charge in [-0.3, -0.25) is 9.78 Å². The van der Waals surface area contributed by atoms with E-state index in [9.17, 15) is 4.79 Å². The number of hydrogen-bond donors (Lipinski definition) is 2. The average molecular weight is 365 g/mol. The lowest BCUT2D eigenvalue weighted by atomic mass is 10.2. The van der Waals surface area contributed by atoms with Gasteiger partial charge in [0.25, 0.3) is 5.91 Å². The number of nitrogens with zero attached hydrogens (tertiary/aromatic N) is 3. The van der Waals surface area contributed by atoms with Gasteiger partial charge in [-0.1, -0.05) is 18.2 Å². The number of nitriles is 1. The minimum Gasteiger partial charge on any atom is -0.354 e. The van der Waals surface area contributed by atoms with Crippen LogP contribution >= 0.6 is 0 Å². The first kappa shape index (κ1) is 17.2. The summed E-state index contributed by atoms with van der Waals surface area (Å²) in [7, 11) is 0. The maximum absolute atomic E-state index is 12.5. The Morgan fingerprint density at radius 2 is 1.68 bits per heavy atom. The van der Waals surface area contributed by atoms with Crippen LogP contribution in [0.3, 0.4) is 0 Å². The molecule has 28 heavy (non-hydrogen) atoms. The van der Waals surface area contributed by atoms with Crippen LogP contribution in [0.25, 0.3) is 10.9 Å². The number of carbonyl (C=O) groups excluding carboxylic acids is 1. The first-order valence-electron chi connectivity index (χ1n) is 8.61. The third-order valence-electron chi connectivity index (χ3n) is 4.18. The normalized spacial score (nSPS) is 10.2. The van der Waals surface area contributed by atoms with Gasteiger partial charge in [0.05, 0.1) is 34.7 Å². The molecule has 0 atom stereocenters. The number of benzene rings is 2. The van der Waals surface area contributed by atoms with Crippen molar-refractivity contribution in [2.75, 3.05) is 10.6 Å². The van der Waals surface area contributed by atoms with Crippen molar-refractivity contribution < 1.29 is 4.79 Å². The van der Waals surface area contributed by atoms with Crippen molar-refractivity contribution in [1.82, 2.24) is 9.97 Å². The number of fused-ring (bicyclic) bond motifs is 1. The Morgan fingerprint density at radius 3 is 2.43 bits per heavy atom. The van der Waals surface area contributed by atoms with Gasteiger partial charge in [-0.05, 0) is 48.5 Å². The first-order valence-corrected chi connectivity index (χ1v) is 8.61. The molecule has 0 fully saturated rings. The van der Waals surface area contributed by atoms with Crippen molar-refractivity contribution in [1.29, 1.82) is 5.26 Å². The van der Waals surface area contributed by atoms with Gasteiger partial charge in [-0.15, -0.1) is 0 Å². The van der Waals surface area contributed by atoms with E-state index in [-0.39, 0.29) is 5.91 Å². The molecule has 2 heterocycles. The molecule has 6 nitrogen and oxygen atoms in total. The average Bonchev–Trinajstić information content (AvgIpc) is 2.75. The Balaban J connectivity index is 1.48. The van der Waals surface area contributed by atoms with Gasteiger partial charge in [0, 0.05) is 17.3 Å². The molecule has 6 heteroatoms. The summed E-state index contributed by atoms with van der Waals surface area (Å²) in [5, 5.41) is 15.8. The first-order chi connectivity index (χ1) is 13.7. The molecule has 0 radical (unpaired) electrons. The van der Waals surface area contributed by atoms with Gasteiger partial charge in [-0.25, -0.2) is 4.98 Å². The highest BCUT2D eigenvalue weighted by molar-refractivity contribution is 6.07. The lowest BCUT2D eigenvalue weighted by molar-refractivity contribution is 0.102. The molecule has 2 aromatic carbocycles. The molecule has 4 aromatic rings. The lowest BCUT2D eigenvalue weighted by Crippen LogP contribution is -2.14. The number of pyridine rings is 2. The zero-order valence-corrected chi connectivity index (χ0v) is 14.8. The van der Waals surface area contributed by atoms with E-state index in [1.807, 2.05) is 42.5 Å². The van der Waals surface area contributed by atoms with Crippen molar-refractivity contribution in [3.05, 3.63) is 90.4 Å². The van der Waals surface area contributed by atoms with Gasteiger partial charge < -0.3 is 10.6 Å². The minimum atomic E-state index is -0.303. The summed E-state index contributed by atoms with van der Waals surface area (Å²) in [6, 6.07) is 22.0. The van der Waals surface area contributed by atoms with E-state index >= 15 is 0 Å². The topological polar surface area (TPSA) is 90.7 Å². The standard InChI is InChI=1S/C22H15N5O/c23-13-15-6-8-17(9-7-15)26-18-10-11-20(25-14-18)22(28)27-19-5-1-3-16-4-2-12-24-21(16)19/h1-12,14,26H,(H,27,28). The number of hydrogen-bond acceptors (Lipinski definition) is 5. The maximum atomic E-state index is 12.5. The molecule has 0 aliphatic heterocycles. The number of anilines is 3. The van der Waals surface area contributed by atoms with E-state index in [1.54, 1.807) is 36.7 Å². The molecule has 0 unspecified atom stereocenters. The number of rotatable bonds is 4. The lowest BCUT2D eigenvalue weighted by Gasteiger charge is -2.09.